The highest BCUT2D eigenvalue weighted by molar-refractivity contribution is 4.49. The van der Waals surface area contributed by atoms with Crippen molar-refractivity contribution in [3.05, 3.63) is 6.61 Å². The van der Waals surface area contributed by atoms with Crippen molar-refractivity contribution in [2.75, 3.05) is 13.2 Å². The fraction of sp³-hybridized carbons (Fsp3) is 0.875. The van der Waals surface area contributed by atoms with Gasteiger partial charge in [-0.15, -0.1) is 0 Å². The average Bonchev–Trinajstić information content (AvgIpc) is 1.87. The largest absolute Gasteiger partial charge is 0.379 e. The van der Waals surface area contributed by atoms with Crippen LogP contribution in [-0.4, -0.2) is 19.3 Å². The van der Waals surface area contributed by atoms with E-state index in [2.05, 4.69) is 6.92 Å². The van der Waals surface area contributed by atoms with Crippen molar-refractivity contribution in [3.8, 4) is 0 Å². The summed E-state index contributed by atoms with van der Waals surface area (Å²) in [5.41, 5.74) is 0. The van der Waals surface area contributed by atoms with Gasteiger partial charge in [-0.05, 0) is 20.3 Å². The molecule has 0 N–H and O–H groups in total. The molecule has 61 valence electrons. The molecule has 0 atom stereocenters. The highest BCUT2D eigenvalue weighted by Crippen LogP contribution is 1.91. The fourth-order valence-electron chi connectivity index (χ4n) is 0.508. The second-order valence-corrected chi connectivity index (χ2v) is 2.43. The first-order valence-corrected chi connectivity index (χ1v) is 3.82. The number of hydrogen-bond acceptors (Lipinski definition) is 2. The van der Waals surface area contributed by atoms with Gasteiger partial charge in [-0.1, -0.05) is 6.92 Å². The number of hydrogen-bond donors (Lipinski definition) is 0. The first-order chi connectivity index (χ1) is 4.77. The number of rotatable bonds is 6. The van der Waals surface area contributed by atoms with E-state index in [-0.39, 0.29) is 6.10 Å². The summed E-state index contributed by atoms with van der Waals surface area (Å²) >= 11 is 0. The highest BCUT2D eigenvalue weighted by Gasteiger charge is 1.92. The summed E-state index contributed by atoms with van der Waals surface area (Å²) in [6, 6.07) is 0. The summed E-state index contributed by atoms with van der Waals surface area (Å²) in [5, 5.41) is 0. The molecule has 2 heteroatoms. The molecule has 0 fully saturated rings. The minimum Gasteiger partial charge on any atom is -0.379 e. The molecule has 0 spiro atoms. The van der Waals surface area contributed by atoms with Gasteiger partial charge in [0.1, 0.15) is 6.61 Å². The molecule has 10 heavy (non-hydrogen) atoms. The first kappa shape index (κ1) is 9.92. The van der Waals surface area contributed by atoms with E-state index in [0.717, 1.165) is 13.0 Å². The van der Waals surface area contributed by atoms with Gasteiger partial charge in [-0.2, -0.15) is 0 Å². The quantitative estimate of drug-likeness (QED) is 0.532. The predicted octanol–water partition coefficient (Wildman–Crippen LogP) is 2.00. The zero-order valence-corrected chi connectivity index (χ0v) is 7.09. The molecule has 0 aliphatic heterocycles. The van der Waals surface area contributed by atoms with Gasteiger partial charge in [0.05, 0.1) is 12.7 Å². The van der Waals surface area contributed by atoms with Crippen LogP contribution >= 0.6 is 0 Å². The van der Waals surface area contributed by atoms with Gasteiger partial charge in [0.2, 0.25) is 0 Å². The Morgan fingerprint density at radius 2 is 2.10 bits per heavy atom. The molecule has 0 heterocycles. The van der Waals surface area contributed by atoms with E-state index in [4.69, 9.17) is 9.47 Å². The van der Waals surface area contributed by atoms with Crippen LogP contribution in [0.3, 0.4) is 0 Å². The Kier molecular flexibility index (Phi) is 6.98. The molecule has 0 amide bonds. The van der Waals surface area contributed by atoms with Crippen LogP contribution in [0, 0.1) is 6.61 Å². The Labute approximate surface area is 63.5 Å². The van der Waals surface area contributed by atoms with Crippen molar-refractivity contribution in [1.82, 2.24) is 0 Å². The first-order valence-electron chi connectivity index (χ1n) is 3.82. The zero-order valence-electron chi connectivity index (χ0n) is 7.09. The minimum absolute atomic E-state index is 0.269. The van der Waals surface area contributed by atoms with Crippen molar-refractivity contribution < 1.29 is 9.47 Å². The molecular formula is C8H17O2. The topological polar surface area (TPSA) is 18.5 Å². The van der Waals surface area contributed by atoms with E-state index in [9.17, 15) is 0 Å². The van der Waals surface area contributed by atoms with Crippen LogP contribution in [0.25, 0.3) is 0 Å². The van der Waals surface area contributed by atoms with Gasteiger partial charge >= 0.3 is 0 Å². The lowest BCUT2D eigenvalue weighted by Gasteiger charge is -2.05. The average molecular weight is 145 g/mol. The summed E-state index contributed by atoms with van der Waals surface area (Å²) < 4.78 is 10.3. The van der Waals surface area contributed by atoms with Crippen LogP contribution in [-0.2, 0) is 9.47 Å². The smallest absolute Gasteiger partial charge is 0.110 e. The summed E-state index contributed by atoms with van der Waals surface area (Å²) in [5.74, 6) is 0. The molecular weight excluding hydrogens is 128 g/mol. The highest BCUT2D eigenvalue weighted by atomic mass is 16.5. The van der Waals surface area contributed by atoms with Crippen LogP contribution in [0.5, 0.6) is 0 Å². The van der Waals surface area contributed by atoms with Crippen molar-refractivity contribution >= 4 is 0 Å². The molecule has 0 saturated carbocycles. The second kappa shape index (κ2) is 7.03. The minimum atomic E-state index is 0.269. The molecule has 0 aromatic carbocycles. The van der Waals surface area contributed by atoms with Gasteiger partial charge in [-0.25, -0.2) is 0 Å². The lowest BCUT2D eigenvalue weighted by molar-refractivity contribution is 0.0653. The maximum atomic E-state index is 5.15. The van der Waals surface area contributed by atoms with Crippen LogP contribution in [0.15, 0.2) is 0 Å². The molecule has 2 nitrogen and oxygen atoms in total. The molecule has 1 radical (unpaired) electrons. The number of ether oxygens (including phenoxy) is 2. The summed E-state index contributed by atoms with van der Waals surface area (Å²) in [6.45, 7) is 9.21. The molecule has 0 aliphatic rings. The van der Waals surface area contributed by atoms with Crippen molar-refractivity contribution in [2.24, 2.45) is 0 Å². The van der Waals surface area contributed by atoms with Gasteiger partial charge in [-0.3, -0.25) is 0 Å². The van der Waals surface area contributed by atoms with E-state index in [1.807, 2.05) is 13.8 Å². The van der Waals surface area contributed by atoms with Gasteiger partial charge in [0.25, 0.3) is 0 Å². The van der Waals surface area contributed by atoms with E-state index >= 15 is 0 Å². The molecule has 0 aromatic heterocycles. The maximum absolute atomic E-state index is 5.15. The Morgan fingerprint density at radius 3 is 2.60 bits per heavy atom. The Hall–Kier alpha value is -0.0800. The molecule has 0 aliphatic carbocycles. The molecule has 0 saturated heterocycles. The Morgan fingerprint density at radius 1 is 1.40 bits per heavy atom. The summed E-state index contributed by atoms with van der Waals surface area (Å²) in [7, 11) is 0. The van der Waals surface area contributed by atoms with Crippen LogP contribution in [0.1, 0.15) is 27.2 Å². The third kappa shape index (κ3) is 7.92. The maximum Gasteiger partial charge on any atom is 0.110 e. The van der Waals surface area contributed by atoms with E-state index < -0.39 is 0 Å². The van der Waals surface area contributed by atoms with Gasteiger partial charge < -0.3 is 9.47 Å². The van der Waals surface area contributed by atoms with Gasteiger partial charge in [0.15, 0.2) is 0 Å². The van der Waals surface area contributed by atoms with E-state index in [1.165, 1.54) is 0 Å². The molecule has 0 unspecified atom stereocenters. The van der Waals surface area contributed by atoms with E-state index in [0.29, 0.717) is 6.61 Å². The molecule has 0 aromatic rings. The van der Waals surface area contributed by atoms with Crippen molar-refractivity contribution in [1.29, 1.82) is 0 Å². The third-order valence-electron chi connectivity index (χ3n) is 0.903. The summed E-state index contributed by atoms with van der Waals surface area (Å²) in [4.78, 5) is 0. The zero-order chi connectivity index (χ0) is 7.82. The van der Waals surface area contributed by atoms with Crippen LogP contribution in [0.2, 0.25) is 0 Å². The fourth-order valence-corrected chi connectivity index (χ4v) is 0.508. The van der Waals surface area contributed by atoms with Crippen molar-refractivity contribution in [3.63, 3.8) is 0 Å². The molecule has 0 rings (SSSR count). The molecule has 0 bridgehead atoms. The van der Waals surface area contributed by atoms with E-state index in [1.54, 1.807) is 6.61 Å². The predicted molar refractivity (Wildman–Crippen MR) is 41.6 cm³/mol. The van der Waals surface area contributed by atoms with Crippen LogP contribution in [0.4, 0.5) is 0 Å². The third-order valence-corrected chi connectivity index (χ3v) is 0.903. The lowest BCUT2D eigenvalue weighted by atomic mass is 10.5. The normalized spacial score (nSPS) is 10.8. The lowest BCUT2D eigenvalue weighted by Crippen LogP contribution is -2.04. The Balaban J connectivity index is 2.77. The van der Waals surface area contributed by atoms with Crippen molar-refractivity contribution in [2.45, 2.75) is 33.3 Å². The van der Waals surface area contributed by atoms with Crippen LogP contribution < -0.4 is 0 Å². The van der Waals surface area contributed by atoms with Gasteiger partial charge in [0, 0.05) is 6.61 Å². The standard InChI is InChI=1S/C8H17O2/c1-4-5-9-6-7-10-8(2)3/h7-8H,4-6H2,1-3H3. The monoisotopic (exact) mass is 145 g/mol. The summed E-state index contributed by atoms with van der Waals surface area (Å²) in [6.07, 6.45) is 1.33. The second-order valence-electron chi connectivity index (χ2n) is 2.43. The Bertz CT molecular complexity index is 62.3. The SMILES string of the molecule is CCCOC[CH]OC(C)C.